The molecule has 0 bridgehead atoms. The molecule has 0 radical (unpaired) electrons. The summed E-state index contributed by atoms with van der Waals surface area (Å²) in [5, 5.41) is 2.39. The van der Waals surface area contributed by atoms with Crippen LogP contribution in [-0.2, 0) is 9.59 Å². The lowest BCUT2D eigenvalue weighted by Gasteiger charge is -2.28. The number of benzene rings is 2. The molecule has 174 valence electrons. The van der Waals surface area contributed by atoms with Gasteiger partial charge in [0.15, 0.2) is 11.5 Å². The molecule has 3 rings (SSSR count). The topological polar surface area (TPSA) is 103 Å². The summed E-state index contributed by atoms with van der Waals surface area (Å²) in [4.78, 5) is 39.3. The summed E-state index contributed by atoms with van der Waals surface area (Å²) >= 11 is 9.54. The first kappa shape index (κ1) is 24.4. The summed E-state index contributed by atoms with van der Waals surface area (Å²) in [5.41, 5.74) is 0.245. The fraction of sp³-hybridized carbons (Fsp3) is 0.227. The molecule has 33 heavy (non-hydrogen) atoms. The van der Waals surface area contributed by atoms with E-state index in [9.17, 15) is 14.4 Å². The highest BCUT2D eigenvalue weighted by Crippen LogP contribution is 2.40. The number of carbonyl (C=O) groups excluding carboxylic acids is 3. The molecule has 1 N–H and O–H groups in total. The number of nitrogens with zero attached hydrogens (tertiary/aromatic N) is 1. The number of imide groups is 2. The van der Waals surface area contributed by atoms with Crippen LogP contribution in [0.4, 0.5) is 10.5 Å². The van der Waals surface area contributed by atoms with E-state index in [1.54, 1.807) is 12.1 Å². The van der Waals surface area contributed by atoms with Crippen molar-refractivity contribution in [3.63, 3.8) is 0 Å². The Bertz CT molecular complexity index is 1170. The fourth-order valence-corrected chi connectivity index (χ4v) is 3.81. The van der Waals surface area contributed by atoms with Gasteiger partial charge in [0.2, 0.25) is 0 Å². The molecule has 0 atom stereocenters. The lowest BCUT2D eigenvalue weighted by molar-refractivity contribution is -0.122. The zero-order valence-electron chi connectivity index (χ0n) is 18.2. The van der Waals surface area contributed by atoms with Gasteiger partial charge in [0, 0.05) is 16.6 Å². The van der Waals surface area contributed by atoms with Crippen LogP contribution in [0.1, 0.15) is 12.5 Å². The molecule has 9 nitrogen and oxygen atoms in total. The highest BCUT2D eigenvalue weighted by Gasteiger charge is 2.38. The highest BCUT2D eigenvalue weighted by molar-refractivity contribution is 9.10. The number of rotatable bonds is 7. The maximum absolute atomic E-state index is 13.3. The minimum absolute atomic E-state index is 0.0588. The Labute approximate surface area is 203 Å². The van der Waals surface area contributed by atoms with E-state index >= 15 is 0 Å². The molecule has 1 aliphatic heterocycles. The largest absolute Gasteiger partial charge is 0.495 e. The molecule has 2 aromatic carbocycles. The van der Waals surface area contributed by atoms with E-state index in [4.69, 9.17) is 30.5 Å². The van der Waals surface area contributed by atoms with Gasteiger partial charge >= 0.3 is 6.03 Å². The van der Waals surface area contributed by atoms with Crippen LogP contribution in [0, 0.1) is 0 Å². The third kappa shape index (κ3) is 4.76. The number of hydrogen-bond donors (Lipinski definition) is 1. The summed E-state index contributed by atoms with van der Waals surface area (Å²) in [6, 6.07) is 5.12. The first-order valence-corrected chi connectivity index (χ1v) is 10.8. The van der Waals surface area contributed by atoms with Crippen LogP contribution in [0.2, 0.25) is 5.02 Å². The molecule has 0 saturated carbocycles. The third-order valence-corrected chi connectivity index (χ3v) is 5.66. The minimum Gasteiger partial charge on any atom is -0.495 e. The van der Waals surface area contributed by atoms with Gasteiger partial charge in [-0.15, -0.1) is 0 Å². The average Bonchev–Trinajstić information content (AvgIpc) is 2.78. The Morgan fingerprint density at radius 3 is 2.24 bits per heavy atom. The molecule has 2 aromatic rings. The smallest absolute Gasteiger partial charge is 0.336 e. The quantitative estimate of drug-likeness (QED) is 0.416. The van der Waals surface area contributed by atoms with Crippen molar-refractivity contribution in [1.29, 1.82) is 0 Å². The Hall–Kier alpha value is -3.24. The number of carbonyl (C=O) groups is 3. The van der Waals surface area contributed by atoms with Gasteiger partial charge in [0.05, 0.1) is 38.6 Å². The van der Waals surface area contributed by atoms with E-state index in [-0.39, 0.29) is 27.8 Å². The van der Waals surface area contributed by atoms with Gasteiger partial charge in [-0.05, 0) is 30.7 Å². The van der Waals surface area contributed by atoms with Crippen molar-refractivity contribution in [2.75, 3.05) is 32.8 Å². The number of hydrogen-bond acceptors (Lipinski definition) is 7. The number of methoxy groups -OCH3 is 3. The Kier molecular flexibility index (Phi) is 7.50. The minimum atomic E-state index is -0.936. The molecule has 4 amide bonds. The lowest BCUT2D eigenvalue weighted by Crippen LogP contribution is -2.54. The molecule has 0 spiro atoms. The van der Waals surface area contributed by atoms with Crippen LogP contribution >= 0.6 is 27.5 Å². The summed E-state index contributed by atoms with van der Waals surface area (Å²) in [5.74, 6) is -0.443. The van der Waals surface area contributed by atoms with Gasteiger partial charge in [-0.2, -0.15) is 0 Å². The predicted octanol–water partition coefficient (Wildman–Crippen LogP) is 4.19. The standard InChI is InChI=1S/C22H20BrClN2O7/c1-5-33-19-7-11(13(23)8-18(19)32-4)6-12-20(27)25-22(29)26(21(12)28)15-10-16(30-2)14(24)9-17(15)31-3/h6-10H,5H2,1-4H3,(H,25,27,29)/b12-6-. The van der Waals surface area contributed by atoms with E-state index in [0.717, 1.165) is 4.90 Å². The summed E-state index contributed by atoms with van der Waals surface area (Å²) in [6.45, 7) is 2.20. The summed E-state index contributed by atoms with van der Waals surface area (Å²) < 4.78 is 21.9. The van der Waals surface area contributed by atoms with Crippen LogP contribution < -0.4 is 29.2 Å². The van der Waals surface area contributed by atoms with Gasteiger partial charge in [0.25, 0.3) is 11.8 Å². The molecule has 1 aliphatic rings. The molecule has 1 fully saturated rings. The molecule has 1 heterocycles. The van der Waals surface area contributed by atoms with Crippen molar-refractivity contribution in [3.8, 4) is 23.0 Å². The Balaban J connectivity index is 2.12. The number of nitrogens with one attached hydrogen (secondary N) is 1. The maximum atomic E-state index is 13.3. The highest BCUT2D eigenvalue weighted by atomic mass is 79.9. The number of urea groups is 1. The monoisotopic (exact) mass is 538 g/mol. The number of amides is 4. The van der Waals surface area contributed by atoms with Crippen molar-refractivity contribution < 1.29 is 33.3 Å². The average molecular weight is 540 g/mol. The van der Waals surface area contributed by atoms with Gasteiger partial charge in [0.1, 0.15) is 17.1 Å². The third-order valence-electron chi connectivity index (χ3n) is 4.68. The molecule has 0 aromatic heterocycles. The first-order chi connectivity index (χ1) is 15.7. The van der Waals surface area contributed by atoms with E-state index in [1.165, 1.54) is 39.5 Å². The van der Waals surface area contributed by atoms with Crippen LogP contribution in [0.25, 0.3) is 6.08 Å². The summed E-state index contributed by atoms with van der Waals surface area (Å²) in [7, 11) is 4.25. The number of anilines is 1. The van der Waals surface area contributed by atoms with E-state index in [1.807, 2.05) is 6.92 Å². The Morgan fingerprint density at radius 2 is 1.64 bits per heavy atom. The molecule has 0 unspecified atom stereocenters. The molecule has 11 heteroatoms. The normalized spacial score (nSPS) is 14.9. The number of ether oxygens (including phenoxy) is 4. The van der Waals surface area contributed by atoms with Gasteiger partial charge in [-0.25, -0.2) is 9.69 Å². The predicted molar refractivity (Wildman–Crippen MR) is 125 cm³/mol. The molecule has 0 aliphatic carbocycles. The van der Waals surface area contributed by atoms with Crippen molar-refractivity contribution >= 4 is 57.1 Å². The van der Waals surface area contributed by atoms with Crippen LogP contribution in [0.15, 0.2) is 34.3 Å². The van der Waals surface area contributed by atoms with Gasteiger partial charge in [-0.3, -0.25) is 14.9 Å². The second-order valence-electron chi connectivity index (χ2n) is 6.57. The maximum Gasteiger partial charge on any atom is 0.336 e. The zero-order valence-corrected chi connectivity index (χ0v) is 20.5. The van der Waals surface area contributed by atoms with Crippen LogP contribution in [0.5, 0.6) is 23.0 Å². The van der Waals surface area contributed by atoms with Crippen LogP contribution in [-0.4, -0.2) is 45.8 Å². The van der Waals surface area contributed by atoms with Crippen molar-refractivity contribution in [3.05, 3.63) is 44.9 Å². The van der Waals surface area contributed by atoms with Crippen LogP contribution in [0.3, 0.4) is 0 Å². The SMILES string of the molecule is CCOc1cc(/C=C2/C(=O)NC(=O)N(c3cc(OC)c(Cl)cc3OC)C2=O)c(Br)cc1OC. The number of halogens is 2. The summed E-state index contributed by atoms with van der Waals surface area (Å²) in [6.07, 6.45) is 1.35. The second-order valence-corrected chi connectivity index (χ2v) is 7.84. The van der Waals surface area contributed by atoms with Gasteiger partial charge < -0.3 is 18.9 Å². The molecular weight excluding hydrogens is 520 g/mol. The molecular formula is C22H20BrClN2O7. The van der Waals surface area contributed by atoms with Crippen molar-refractivity contribution in [1.82, 2.24) is 5.32 Å². The number of barbiturate groups is 1. The van der Waals surface area contributed by atoms with Gasteiger partial charge in [-0.1, -0.05) is 27.5 Å². The van der Waals surface area contributed by atoms with E-state index in [0.29, 0.717) is 28.1 Å². The Morgan fingerprint density at radius 1 is 0.970 bits per heavy atom. The molecule has 1 saturated heterocycles. The fourth-order valence-electron chi connectivity index (χ4n) is 3.14. The van der Waals surface area contributed by atoms with Crippen molar-refractivity contribution in [2.45, 2.75) is 6.92 Å². The van der Waals surface area contributed by atoms with E-state index in [2.05, 4.69) is 21.2 Å². The lowest BCUT2D eigenvalue weighted by atomic mass is 10.1. The first-order valence-electron chi connectivity index (χ1n) is 9.58. The van der Waals surface area contributed by atoms with Crippen molar-refractivity contribution in [2.24, 2.45) is 0 Å². The zero-order chi connectivity index (χ0) is 24.3. The second kappa shape index (κ2) is 10.1. The van der Waals surface area contributed by atoms with E-state index < -0.39 is 17.8 Å².